The van der Waals surface area contributed by atoms with Crippen molar-refractivity contribution in [2.45, 2.75) is 25.9 Å². The zero-order valence-corrected chi connectivity index (χ0v) is 14.4. The Labute approximate surface area is 144 Å². The molecule has 124 valence electrons. The molecule has 3 aromatic heterocycles. The summed E-state index contributed by atoms with van der Waals surface area (Å²) in [5.74, 6) is 0.645. The van der Waals surface area contributed by atoms with Gasteiger partial charge in [-0.1, -0.05) is 6.07 Å². The summed E-state index contributed by atoms with van der Waals surface area (Å²) in [7, 11) is 0. The fourth-order valence-electron chi connectivity index (χ4n) is 3.17. The minimum absolute atomic E-state index is 0.0587. The van der Waals surface area contributed by atoms with Crippen molar-refractivity contribution in [2.24, 2.45) is 0 Å². The number of thiophene rings is 1. The number of nitrogens with one attached hydrogen (secondary N) is 1. The Bertz CT molecular complexity index is 917. The lowest BCUT2D eigenvalue weighted by Gasteiger charge is -2.32. The Balaban J connectivity index is 1.44. The number of rotatable bonds is 4. The van der Waals surface area contributed by atoms with Crippen molar-refractivity contribution in [1.29, 1.82) is 0 Å². The number of hydrogen-bond donors (Lipinski definition) is 1. The maximum Gasteiger partial charge on any atom is 0.259 e. The van der Waals surface area contributed by atoms with E-state index in [4.69, 9.17) is 0 Å². The molecule has 0 radical (unpaired) electrons. The molecule has 1 unspecified atom stereocenters. The summed E-state index contributed by atoms with van der Waals surface area (Å²) in [6.07, 6.45) is 2.87. The van der Waals surface area contributed by atoms with E-state index in [1.54, 1.807) is 16.7 Å². The molecular weight excluding hydrogens is 320 g/mol. The first-order valence-electron chi connectivity index (χ1n) is 8.22. The maximum absolute atomic E-state index is 12.1. The van der Waals surface area contributed by atoms with Gasteiger partial charge in [-0.05, 0) is 42.5 Å². The number of hydrogen-bond acceptors (Lipinski definition) is 5. The molecule has 0 saturated heterocycles. The number of nitrogens with zero attached hydrogens (tertiary/aromatic N) is 3. The maximum atomic E-state index is 12.1. The van der Waals surface area contributed by atoms with Crippen LogP contribution in [0.5, 0.6) is 0 Å². The lowest BCUT2D eigenvalue weighted by atomic mass is 10.1. The van der Waals surface area contributed by atoms with Crippen LogP contribution in [0.25, 0.3) is 5.65 Å². The van der Waals surface area contributed by atoms with Crippen molar-refractivity contribution in [3.8, 4) is 0 Å². The third kappa shape index (κ3) is 2.95. The van der Waals surface area contributed by atoms with Gasteiger partial charge in [-0.3, -0.25) is 14.1 Å². The highest BCUT2D eigenvalue weighted by Gasteiger charge is 2.21. The zero-order valence-electron chi connectivity index (χ0n) is 13.6. The molecule has 5 nitrogen and oxygen atoms in total. The quantitative estimate of drug-likeness (QED) is 0.793. The highest BCUT2D eigenvalue weighted by Crippen LogP contribution is 2.25. The van der Waals surface area contributed by atoms with Gasteiger partial charge in [0.05, 0.1) is 0 Å². The van der Waals surface area contributed by atoms with Crippen LogP contribution in [-0.4, -0.2) is 33.4 Å². The predicted octanol–water partition coefficient (Wildman–Crippen LogP) is 2.61. The second-order valence-corrected chi connectivity index (χ2v) is 7.23. The van der Waals surface area contributed by atoms with E-state index in [0.717, 1.165) is 26.1 Å². The van der Waals surface area contributed by atoms with Crippen molar-refractivity contribution < 1.29 is 0 Å². The molecule has 3 aromatic rings. The predicted molar refractivity (Wildman–Crippen MR) is 97.8 cm³/mol. The summed E-state index contributed by atoms with van der Waals surface area (Å²) in [5, 5.41) is 5.51. The van der Waals surface area contributed by atoms with Crippen molar-refractivity contribution >= 4 is 22.8 Å². The Morgan fingerprint density at radius 2 is 2.29 bits per heavy atom. The second kappa shape index (κ2) is 6.37. The zero-order chi connectivity index (χ0) is 16.5. The van der Waals surface area contributed by atoms with Crippen LogP contribution in [0.15, 0.2) is 46.7 Å². The summed E-state index contributed by atoms with van der Waals surface area (Å²) >= 11 is 1.86. The minimum atomic E-state index is -0.0587. The Hall–Kier alpha value is -2.18. The molecule has 24 heavy (non-hydrogen) atoms. The van der Waals surface area contributed by atoms with Gasteiger partial charge in [-0.2, -0.15) is 0 Å². The van der Waals surface area contributed by atoms with Crippen molar-refractivity contribution in [3.05, 3.63) is 62.7 Å². The first-order valence-corrected chi connectivity index (χ1v) is 9.10. The topological polar surface area (TPSA) is 49.6 Å². The van der Waals surface area contributed by atoms with Gasteiger partial charge in [0, 0.05) is 42.8 Å². The Morgan fingerprint density at radius 1 is 1.38 bits per heavy atom. The van der Waals surface area contributed by atoms with Crippen LogP contribution >= 0.6 is 11.3 Å². The van der Waals surface area contributed by atoms with Crippen LogP contribution in [-0.2, 0) is 13.0 Å². The van der Waals surface area contributed by atoms with E-state index in [1.165, 1.54) is 10.4 Å². The molecule has 0 spiro atoms. The van der Waals surface area contributed by atoms with Gasteiger partial charge in [-0.15, -0.1) is 11.3 Å². The normalized spacial score (nSPS) is 16.0. The van der Waals surface area contributed by atoms with Gasteiger partial charge in [0.1, 0.15) is 11.5 Å². The third-order valence-electron chi connectivity index (χ3n) is 4.61. The van der Waals surface area contributed by atoms with Gasteiger partial charge in [0.25, 0.3) is 5.56 Å². The molecule has 0 aromatic carbocycles. The van der Waals surface area contributed by atoms with E-state index < -0.39 is 0 Å². The SMILES string of the molecule is CC(CNc1cc(=O)n2ccccc2n1)N1CCc2sccc2C1. The summed E-state index contributed by atoms with van der Waals surface area (Å²) in [4.78, 5) is 20.6. The van der Waals surface area contributed by atoms with E-state index in [1.807, 2.05) is 29.5 Å². The molecule has 1 N–H and O–H groups in total. The minimum Gasteiger partial charge on any atom is -0.368 e. The van der Waals surface area contributed by atoms with Crippen LogP contribution in [0, 0.1) is 0 Å². The Kier molecular flexibility index (Phi) is 4.08. The summed E-state index contributed by atoms with van der Waals surface area (Å²) < 4.78 is 1.55. The molecular formula is C18H20N4OS. The molecule has 1 aliphatic heterocycles. The van der Waals surface area contributed by atoms with Gasteiger partial charge in [0.15, 0.2) is 0 Å². The first kappa shape index (κ1) is 15.4. The van der Waals surface area contributed by atoms with E-state index in [9.17, 15) is 4.79 Å². The van der Waals surface area contributed by atoms with Crippen molar-refractivity contribution in [1.82, 2.24) is 14.3 Å². The summed E-state index contributed by atoms with van der Waals surface area (Å²) in [5.41, 5.74) is 2.07. The fraction of sp³-hybridized carbons (Fsp3) is 0.333. The van der Waals surface area contributed by atoms with Gasteiger partial charge >= 0.3 is 0 Å². The van der Waals surface area contributed by atoms with Crippen LogP contribution < -0.4 is 10.9 Å². The fourth-order valence-corrected chi connectivity index (χ4v) is 4.06. The van der Waals surface area contributed by atoms with Crippen LogP contribution in [0.1, 0.15) is 17.4 Å². The van der Waals surface area contributed by atoms with E-state index in [0.29, 0.717) is 17.5 Å². The van der Waals surface area contributed by atoms with Crippen LogP contribution in [0.4, 0.5) is 5.82 Å². The summed E-state index contributed by atoms with van der Waals surface area (Å²) in [6, 6.07) is 9.75. The highest BCUT2D eigenvalue weighted by molar-refractivity contribution is 7.10. The smallest absolute Gasteiger partial charge is 0.259 e. The standard InChI is InChI=1S/C18H20N4OS/c1-13(21-8-5-15-14(12-21)6-9-24-15)11-19-16-10-18(23)22-7-3-2-4-17(22)20-16/h2-4,6-7,9-10,13,19H,5,8,11-12H2,1H3. The molecule has 0 aliphatic carbocycles. The van der Waals surface area contributed by atoms with Crippen molar-refractivity contribution in [2.75, 3.05) is 18.4 Å². The molecule has 1 aliphatic rings. The monoisotopic (exact) mass is 340 g/mol. The molecule has 4 heterocycles. The molecule has 6 heteroatoms. The number of fused-ring (bicyclic) bond motifs is 2. The number of pyridine rings is 1. The molecule has 0 fully saturated rings. The Morgan fingerprint density at radius 3 is 3.21 bits per heavy atom. The van der Waals surface area contributed by atoms with Gasteiger partial charge < -0.3 is 5.32 Å². The average Bonchev–Trinajstić information content (AvgIpc) is 3.07. The van der Waals surface area contributed by atoms with Crippen molar-refractivity contribution in [3.63, 3.8) is 0 Å². The lowest BCUT2D eigenvalue weighted by molar-refractivity contribution is 0.200. The largest absolute Gasteiger partial charge is 0.368 e. The first-order chi connectivity index (χ1) is 11.7. The highest BCUT2D eigenvalue weighted by atomic mass is 32.1. The number of aromatic nitrogens is 2. The second-order valence-electron chi connectivity index (χ2n) is 6.23. The van der Waals surface area contributed by atoms with Gasteiger partial charge in [0.2, 0.25) is 0 Å². The van der Waals surface area contributed by atoms with Crippen LogP contribution in [0.3, 0.4) is 0 Å². The van der Waals surface area contributed by atoms with Crippen LogP contribution in [0.2, 0.25) is 0 Å². The molecule has 1 atom stereocenters. The molecule has 0 bridgehead atoms. The third-order valence-corrected chi connectivity index (χ3v) is 5.63. The van der Waals surface area contributed by atoms with E-state index in [2.05, 4.69) is 33.6 Å². The molecule has 0 saturated carbocycles. The van der Waals surface area contributed by atoms with E-state index in [-0.39, 0.29) is 5.56 Å². The number of anilines is 1. The summed E-state index contributed by atoms with van der Waals surface area (Å²) in [6.45, 7) is 5.09. The average molecular weight is 340 g/mol. The van der Waals surface area contributed by atoms with Gasteiger partial charge in [-0.25, -0.2) is 4.98 Å². The lowest BCUT2D eigenvalue weighted by Crippen LogP contribution is -2.41. The molecule has 4 rings (SSSR count). The molecule has 0 amide bonds. The van der Waals surface area contributed by atoms with E-state index >= 15 is 0 Å².